The Hall–Kier alpha value is -3.60. The predicted octanol–water partition coefficient (Wildman–Crippen LogP) is 3.29. The zero-order chi connectivity index (χ0) is 49.1. The number of aliphatic hydroxyl groups excluding tert-OH is 1. The molecular weight excluding hydrogens is 924 g/mol. The van der Waals surface area contributed by atoms with Crippen LogP contribution in [0.25, 0.3) is 0 Å². The molecule has 0 amide bonds. The average Bonchev–Trinajstić information content (AvgIpc) is 3.67. The predicted molar refractivity (Wildman–Crippen MR) is 229 cm³/mol. The van der Waals surface area contributed by atoms with Crippen LogP contribution < -0.4 is 4.52 Å². The summed E-state index contributed by atoms with van der Waals surface area (Å²) in [6.07, 6.45) is -1.11. The smallest absolute Gasteiger partial charge is 0.469 e. The third-order valence-electron chi connectivity index (χ3n) is 16.2. The molecule has 0 aromatic heterocycles. The van der Waals surface area contributed by atoms with E-state index in [2.05, 4.69) is 0 Å². The third-order valence-corrected chi connectivity index (χ3v) is 18.4. The van der Waals surface area contributed by atoms with Gasteiger partial charge in [0, 0.05) is 66.6 Å². The fourth-order valence-electron chi connectivity index (χ4n) is 13.4. The molecule has 1 spiro atoms. The SMILES string of the molecule is C/C=C(\C)C(=O)O[C@H]1C[C@@H](OC(C)=O)[C@@]2(C(=O)OC)CO[C@H]3[C@@H](O)[C@@](C)([C@]45O[C@@]4(C)[C@H]4C[C@@H]5O[C@@H]5OC=C[C@@]54O)[C@H]4[C@]1(CO[C@]4(O)C(=O)OC)[C@@H]32.COP(=O)(OC)Oc1ccc(SC)c(C)c1. The van der Waals surface area contributed by atoms with Crippen molar-refractivity contribution in [2.24, 2.45) is 34.0 Å². The van der Waals surface area contributed by atoms with Crippen LogP contribution >= 0.6 is 19.6 Å². The van der Waals surface area contributed by atoms with Crippen molar-refractivity contribution >= 4 is 43.5 Å². The molecule has 7 fully saturated rings. The number of aliphatic hydroxyl groups is 3. The van der Waals surface area contributed by atoms with Gasteiger partial charge in [-0.15, -0.1) is 11.8 Å². The molecule has 4 saturated heterocycles. The van der Waals surface area contributed by atoms with E-state index in [1.165, 1.54) is 33.5 Å². The summed E-state index contributed by atoms with van der Waals surface area (Å²) in [5.74, 6) is -9.29. The standard InChI is InChI=1S/C35H44O16.C10H15O4PS/c1-8-15(2)24(38)49-18-12-19(48-16(3)36)32(26(39)43-6)13-46-21-22(32)31(18)14-47-34(42,27(40)44-7)25(31)29(4,23(21)37)35-20-11-17(30(35,5)51-35)33(41)9-10-45-28(33)50-20;1-8-7-9(5-6-10(8)16-4)14-15(11,12-2)13-3/h8-10,17-23,25,28,37,41-42H,11-14H2,1-7H3;5-7H,1-4H3/b15-8+;/t17-,18+,19-,20+,21-,22-,23-,25+,28+,29-,30+,31+,32+,33+,34+,35+;/m1./s1. The number of esters is 4. The van der Waals surface area contributed by atoms with Gasteiger partial charge in [0.2, 0.25) is 6.29 Å². The van der Waals surface area contributed by atoms with Crippen LogP contribution in [0.4, 0.5) is 0 Å². The maximum Gasteiger partial charge on any atom is 0.529 e. The molecule has 370 valence electrons. The zero-order valence-electron chi connectivity index (χ0n) is 39.1. The Morgan fingerprint density at radius 1 is 0.955 bits per heavy atom. The molecule has 67 heavy (non-hydrogen) atoms. The Morgan fingerprint density at radius 3 is 2.24 bits per heavy atom. The second-order valence-corrected chi connectivity index (χ2v) is 21.4. The summed E-state index contributed by atoms with van der Waals surface area (Å²) in [6, 6.07) is 5.45. The van der Waals surface area contributed by atoms with Gasteiger partial charge in [0.1, 0.15) is 34.6 Å². The van der Waals surface area contributed by atoms with Crippen molar-refractivity contribution < 1.29 is 95.3 Å². The summed E-state index contributed by atoms with van der Waals surface area (Å²) < 4.78 is 80.3. The van der Waals surface area contributed by atoms with Gasteiger partial charge in [-0.2, -0.15) is 0 Å². The van der Waals surface area contributed by atoms with Crippen molar-refractivity contribution in [2.45, 2.75) is 119 Å². The number of carbonyl (C=O) groups is 4. The van der Waals surface area contributed by atoms with Crippen LogP contribution in [0.5, 0.6) is 5.75 Å². The van der Waals surface area contributed by atoms with Crippen molar-refractivity contribution in [1.29, 1.82) is 0 Å². The molecule has 5 aliphatic heterocycles. The molecule has 0 unspecified atom stereocenters. The van der Waals surface area contributed by atoms with Crippen LogP contribution in [0.15, 0.2) is 47.1 Å². The molecule has 3 aliphatic carbocycles. The van der Waals surface area contributed by atoms with E-state index in [1.54, 1.807) is 57.7 Å². The minimum Gasteiger partial charge on any atom is -0.469 e. The molecule has 0 radical (unpaired) electrons. The van der Waals surface area contributed by atoms with Crippen LogP contribution in [0.1, 0.15) is 53.0 Å². The van der Waals surface area contributed by atoms with Crippen LogP contribution in [0.3, 0.4) is 0 Å². The first-order valence-electron chi connectivity index (χ1n) is 21.8. The summed E-state index contributed by atoms with van der Waals surface area (Å²) in [4.78, 5) is 55.5. The topological polar surface area (TPSA) is 260 Å². The summed E-state index contributed by atoms with van der Waals surface area (Å²) in [7, 11) is 1.35. The lowest BCUT2D eigenvalue weighted by Gasteiger charge is -2.65. The van der Waals surface area contributed by atoms with Crippen LogP contribution in [-0.2, 0) is 75.4 Å². The third kappa shape index (κ3) is 6.55. The first-order valence-corrected chi connectivity index (χ1v) is 24.5. The minimum absolute atomic E-state index is 0.235. The summed E-state index contributed by atoms with van der Waals surface area (Å²) >= 11 is 1.65. The Labute approximate surface area is 391 Å². The molecule has 2 bridgehead atoms. The van der Waals surface area contributed by atoms with Crippen LogP contribution in [0, 0.1) is 40.9 Å². The fraction of sp³-hybridized carbons (Fsp3) is 0.689. The number of carbonyl (C=O) groups excluding carboxylic acids is 4. The number of ether oxygens (including phenoxy) is 9. The summed E-state index contributed by atoms with van der Waals surface area (Å²) in [5.41, 5.74) is -8.41. The second-order valence-electron chi connectivity index (χ2n) is 18.8. The number of epoxide rings is 1. The van der Waals surface area contributed by atoms with E-state index in [0.717, 1.165) is 24.7 Å². The average molecular weight is 983 g/mol. The van der Waals surface area contributed by atoms with Crippen LogP contribution in [-0.4, -0.2) is 147 Å². The number of thioether (sulfide) groups is 1. The van der Waals surface area contributed by atoms with Crippen LogP contribution in [0.2, 0.25) is 0 Å². The number of aryl methyl sites for hydroxylation is 1. The Balaban J connectivity index is 0.000000324. The fourth-order valence-corrected chi connectivity index (χ4v) is 14.6. The van der Waals surface area contributed by atoms with E-state index in [4.69, 9.17) is 56.2 Å². The Kier molecular flexibility index (Phi) is 12.5. The maximum atomic E-state index is 14.2. The quantitative estimate of drug-likeness (QED) is 0.0718. The number of allylic oxidation sites excluding steroid dienone is 1. The van der Waals surface area contributed by atoms with Gasteiger partial charge in [0.05, 0.1) is 52.0 Å². The lowest BCUT2D eigenvalue weighted by molar-refractivity contribution is -0.314. The first kappa shape index (κ1) is 49.8. The highest BCUT2D eigenvalue weighted by atomic mass is 32.2. The lowest BCUT2D eigenvalue weighted by atomic mass is 9.37. The molecule has 5 heterocycles. The monoisotopic (exact) mass is 982 g/mol. The first-order chi connectivity index (χ1) is 31.5. The minimum atomic E-state index is -3.45. The van der Waals surface area contributed by atoms with E-state index in [0.29, 0.717) is 5.75 Å². The van der Waals surface area contributed by atoms with Gasteiger partial charge in [-0.05, 0) is 70.2 Å². The number of phosphoric ester groups is 1. The van der Waals surface area contributed by atoms with Gasteiger partial charge in [-0.25, -0.2) is 14.2 Å². The largest absolute Gasteiger partial charge is 0.529 e. The van der Waals surface area contributed by atoms with Crippen molar-refractivity contribution in [3.05, 3.63) is 47.7 Å². The Morgan fingerprint density at radius 2 is 1.64 bits per heavy atom. The molecule has 1 aromatic rings. The van der Waals surface area contributed by atoms with E-state index in [9.17, 15) is 39.1 Å². The zero-order valence-corrected chi connectivity index (χ0v) is 40.8. The van der Waals surface area contributed by atoms with Gasteiger partial charge in [0.15, 0.2) is 5.60 Å². The van der Waals surface area contributed by atoms with E-state index in [-0.39, 0.29) is 18.4 Å². The van der Waals surface area contributed by atoms with E-state index < -0.39 is 138 Å². The van der Waals surface area contributed by atoms with Gasteiger partial charge < -0.3 is 62.5 Å². The van der Waals surface area contributed by atoms with E-state index in [1.807, 2.05) is 19.2 Å². The van der Waals surface area contributed by atoms with Gasteiger partial charge >= 0.3 is 31.7 Å². The maximum absolute atomic E-state index is 14.2. The number of rotatable bonds is 11. The van der Waals surface area contributed by atoms with Crippen molar-refractivity contribution in [3.8, 4) is 5.75 Å². The molecule has 9 rings (SSSR count). The highest BCUT2D eigenvalue weighted by Crippen LogP contribution is 2.83. The number of phosphoric acid groups is 1. The number of hydrogen-bond acceptors (Lipinski definition) is 21. The lowest BCUT2D eigenvalue weighted by Crippen LogP contribution is -2.79. The number of hydrogen-bond donors (Lipinski definition) is 3. The molecule has 20 nitrogen and oxygen atoms in total. The molecule has 22 heteroatoms. The highest BCUT2D eigenvalue weighted by Gasteiger charge is 2.97. The Bertz CT molecular complexity index is 2320. The highest BCUT2D eigenvalue weighted by molar-refractivity contribution is 7.98. The van der Waals surface area contributed by atoms with Gasteiger partial charge in [0.25, 0.3) is 5.79 Å². The molecule has 1 aromatic carbocycles. The van der Waals surface area contributed by atoms with Crippen molar-refractivity contribution in [3.63, 3.8) is 0 Å². The molecule has 3 N–H and O–H groups in total. The van der Waals surface area contributed by atoms with Gasteiger partial charge in [-0.3, -0.25) is 18.6 Å². The van der Waals surface area contributed by atoms with Crippen molar-refractivity contribution in [1.82, 2.24) is 0 Å². The van der Waals surface area contributed by atoms with E-state index >= 15 is 0 Å². The molecule has 3 saturated carbocycles. The second kappa shape index (κ2) is 16.8. The number of methoxy groups -OCH3 is 2. The molecule has 8 aliphatic rings. The summed E-state index contributed by atoms with van der Waals surface area (Å²) in [5, 5.41) is 37.4. The molecule has 16 atom stereocenters. The number of benzene rings is 1. The summed E-state index contributed by atoms with van der Waals surface area (Å²) in [6.45, 7) is 8.84. The van der Waals surface area contributed by atoms with Crippen molar-refractivity contribution in [2.75, 3.05) is 47.9 Å². The number of fused-ring (bicyclic) bond motifs is 7. The normalized spacial score (nSPS) is 43.8. The van der Waals surface area contributed by atoms with Gasteiger partial charge in [-0.1, -0.05) is 13.0 Å². The molecular formula is C45H59O20PS.